The van der Waals surface area contributed by atoms with Gasteiger partial charge in [0.15, 0.2) is 5.78 Å². The Balaban J connectivity index is 1.27. The van der Waals surface area contributed by atoms with Crippen LogP contribution in [0, 0.1) is 0 Å². The topological polar surface area (TPSA) is 21.5 Å². The number of fused-ring (bicyclic) bond motifs is 1. The van der Waals surface area contributed by atoms with Gasteiger partial charge in [-0.1, -0.05) is 133 Å². The van der Waals surface area contributed by atoms with E-state index in [9.17, 15) is 4.79 Å². The summed E-state index contributed by atoms with van der Waals surface area (Å²) in [6, 6.07) is 8.78. The standard InChI is InChI=1S/C35H49NO/c1-2-3-4-5-6-7-8-9-10-11-12-13-14-15-16-19-29-36-30-28-32(34-20-17-18-21-35(34)36)25-22-31-23-26-33(37)27-24-31/h17-18,20-28,30H,2-16,19,29H2,1H3/p+1. The summed E-state index contributed by atoms with van der Waals surface area (Å²) < 4.78 is 0. The van der Waals surface area contributed by atoms with E-state index in [1.54, 1.807) is 12.2 Å². The second-order valence-corrected chi connectivity index (χ2v) is 10.8. The lowest BCUT2D eigenvalue weighted by Gasteiger charge is -2.22. The van der Waals surface area contributed by atoms with Crippen LogP contribution in [0.25, 0.3) is 5.57 Å². The van der Waals surface area contributed by atoms with Crippen molar-refractivity contribution in [3.05, 3.63) is 84.1 Å². The Hall–Kier alpha value is -2.45. The lowest BCUT2D eigenvalue weighted by Crippen LogP contribution is -3.03. The molecule has 0 spiro atoms. The highest BCUT2D eigenvalue weighted by atomic mass is 16.1. The van der Waals surface area contributed by atoms with Crippen molar-refractivity contribution in [1.82, 2.24) is 0 Å². The fraction of sp³-hybridized carbons (Fsp3) is 0.514. The van der Waals surface area contributed by atoms with Crippen molar-refractivity contribution in [1.29, 1.82) is 0 Å². The summed E-state index contributed by atoms with van der Waals surface area (Å²) in [5, 5.41) is 0. The number of unbranched alkanes of at least 4 members (excludes halogenated alkanes) is 15. The molecule has 0 fully saturated rings. The van der Waals surface area contributed by atoms with Crippen molar-refractivity contribution in [2.24, 2.45) is 0 Å². The molecule has 2 aliphatic rings. The van der Waals surface area contributed by atoms with E-state index in [1.807, 2.05) is 12.2 Å². The van der Waals surface area contributed by atoms with Crippen molar-refractivity contribution in [3.63, 3.8) is 0 Å². The molecule has 200 valence electrons. The number of rotatable bonds is 18. The molecule has 1 aromatic rings. The molecule has 0 saturated heterocycles. The number of hydrogen-bond acceptors (Lipinski definition) is 1. The summed E-state index contributed by atoms with van der Waals surface area (Å²) in [4.78, 5) is 12.8. The molecule has 0 bridgehead atoms. The normalized spacial score (nSPS) is 17.5. The van der Waals surface area contributed by atoms with Gasteiger partial charge in [0.1, 0.15) is 5.69 Å². The van der Waals surface area contributed by atoms with Gasteiger partial charge in [-0.05, 0) is 48.3 Å². The lowest BCUT2D eigenvalue weighted by molar-refractivity contribution is -0.776. The summed E-state index contributed by atoms with van der Waals surface area (Å²) in [6.07, 6.45) is 38.4. The molecule has 0 radical (unpaired) electrons. The highest BCUT2D eigenvalue weighted by molar-refractivity contribution is 6.01. The van der Waals surface area contributed by atoms with Crippen molar-refractivity contribution >= 4 is 17.0 Å². The number of quaternary nitrogens is 1. The third-order valence-electron chi connectivity index (χ3n) is 7.68. The second-order valence-electron chi connectivity index (χ2n) is 10.8. The number of nitrogens with one attached hydrogen (secondary N) is 1. The fourth-order valence-corrected chi connectivity index (χ4v) is 5.38. The van der Waals surface area contributed by atoms with Crippen LogP contribution < -0.4 is 4.90 Å². The fourth-order valence-electron chi connectivity index (χ4n) is 5.38. The van der Waals surface area contributed by atoms with Crippen molar-refractivity contribution in [2.75, 3.05) is 6.54 Å². The van der Waals surface area contributed by atoms with Gasteiger partial charge in [0.25, 0.3) is 0 Å². The van der Waals surface area contributed by atoms with Gasteiger partial charge in [-0.15, -0.1) is 0 Å². The van der Waals surface area contributed by atoms with Crippen LogP contribution in [0.4, 0.5) is 5.69 Å². The molecule has 1 aromatic carbocycles. The Labute approximate surface area is 226 Å². The molecule has 2 nitrogen and oxygen atoms in total. The quantitative estimate of drug-likeness (QED) is 0.200. The van der Waals surface area contributed by atoms with Crippen LogP contribution >= 0.6 is 0 Å². The van der Waals surface area contributed by atoms with Crippen LogP contribution in [-0.4, -0.2) is 12.3 Å². The molecule has 1 atom stereocenters. The summed E-state index contributed by atoms with van der Waals surface area (Å²) in [6.45, 7) is 3.45. The summed E-state index contributed by atoms with van der Waals surface area (Å²) >= 11 is 0. The van der Waals surface area contributed by atoms with E-state index in [-0.39, 0.29) is 5.78 Å². The monoisotopic (exact) mass is 500 g/mol. The molecule has 2 heteroatoms. The number of para-hydroxylation sites is 1. The Kier molecular flexibility index (Phi) is 14.1. The molecule has 1 N–H and O–H groups in total. The third-order valence-corrected chi connectivity index (χ3v) is 7.68. The number of hydrogen-bond donors (Lipinski definition) is 1. The average molecular weight is 501 g/mol. The molecular weight excluding hydrogens is 450 g/mol. The highest BCUT2D eigenvalue weighted by Crippen LogP contribution is 2.25. The first-order chi connectivity index (χ1) is 18.3. The summed E-state index contributed by atoms with van der Waals surface area (Å²) in [7, 11) is 0. The van der Waals surface area contributed by atoms with E-state index in [4.69, 9.17) is 0 Å². The molecule has 37 heavy (non-hydrogen) atoms. The van der Waals surface area contributed by atoms with E-state index < -0.39 is 0 Å². The van der Waals surface area contributed by atoms with Crippen LogP contribution in [0.2, 0.25) is 0 Å². The average Bonchev–Trinajstić information content (AvgIpc) is 2.93. The van der Waals surface area contributed by atoms with Gasteiger partial charge >= 0.3 is 0 Å². The molecule has 1 heterocycles. The SMILES string of the molecule is CCCCCCCCCCCCCCCCCC[NH+]1C=CC(=CC=C2C=CC(=O)C=C2)c2ccccc21. The van der Waals surface area contributed by atoms with Gasteiger partial charge in [0, 0.05) is 11.6 Å². The maximum atomic E-state index is 11.3. The minimum Gasteiger partial charge on any atom is -0.290 e. The zero-order chi connectivity index (χ0) is 26.0. The van der Waals surface area contributed by atoms with Crippen molar-refractivity contribution in [2.45, 2.75) is 110 Å². The van der Waals surface area contributed by atoms with Crippen LogP contribution in [0.1, 0.15) is 115 Å². The molecular formula is C35H50NO+. The van der Waals surface area contributed by atoms with Crippen molar-refractivity contribution < 1.29 is 9.69 Å². The minimum absolute atomic E-state index is 0.0565. The molecule has 0 saturated carbocycles. The van der Waals surface area contributed by atoms with Crippen LogP contribution in [0.3, 0.4) is 0 Å². The Bertz CT molecular complexity index is 943. The Morgan fingerprint density at radius 2 is 1.16 bits per heavy atom. The molecule has 3 rings (SSSR count). The number of carbonyl (C=O) groups excluding carboxylic acids is 1. The number of allylic oxidation sites excluding steroid dienone is 9. The maximum Gasteiger partial charge on any atom is 0.178 e. The molecule has 1 aliphatic heterocycles. The van der Waals surface area contributed by atoms with Gasteiger partial charge in [0.05, 0.1) is 12.7 Å². The Morgan fingerprint density at radius 3 is 1.76 bits per heavy atom. The largest absolute Gasteiger partial charge is 0.290 e. The molecule has 1 aliphatic carbocycles. The minimum atomic E-state index is 0.0565. The maximum absolute atomic E-state index is 11.3. The first-order valence-electron chi connectivity index (χ1n) is 15.2. The van der Waals surface area contributed by atoms with Crippen LogP contribution in [0.5, 0.6) is 0 Å². The zero-order valence-corrected chi connectivity index (χ0v) is 23.4. The number of carbonyl (C=O) groups is 1. The van der Waals surface area contributed by atoms with E-state index >= 15 is 0 Å². The van der Waals surface area contributed by atoms with Gasteiger partial charge in [0.2, 0.25) is 0 Å². The second kappa shape index (κ2) is 17.9. The molecule has 0 aromatic heterocycles. The van der Waals surface area contributed by atoms with Gasteiger partial charge in [-0.2, -0.15) is 0 Å². The summed E-state index contributed by atoms with van der Waals surface area (Å²) in [5.74, 6) is 0.0565. The van der Waals surface area contributed by atoms with Crippen molar-refractivity contribution in [3.8, 4) is 0 Å². The van der Waals surface area contributed by atoms with E-state index in [1.165, 1.54) is 124 Å². The molecule has 1 unspecified atom stereocenters. The first kappa shape index (κ1) is 29.1. The van der Waals surface area contributed by atoms with E-state index in [2.05, 4.69) is 55.6 Å². The smallest absolute Gasteiger partial charge is 0.178 e. The predicted octanol–water partition coefficient (Wildman–Crippen LogP) is 9.00. The Morgan fingerprint density at radius 1 is 0.622 bits per heavy atom. The number of ketones is 1. The van der Waals surface area contributed by atoms with E-state index in [0.29, 0.717) is 0 Å². The van der Waals surface area contributed by atoms with Gasteiger partial charge in [-0.3, -0.25) is 9.69 Å². The summed E-state index contributed by atoms with van der Waals surface area (Å²) in [5.41, 5.74) is 4.98. The predicted molar refractivity (Wildman–Crippen MR) is 160 cm³/mol. The lowest BCUT2D eigenvalue weighted by atomic mass is 9.98. The highest BCUT2D eigenvalue weighted by Gasteiger charge is 2.20. The molecule has 0 amide bonds. The van der Waals surface area contributed by atoms with Crippen LogP contribution in [0.15, 0.2) is 78.6 Å². The first-order valence-corrected chi connectivity index (χ1v) is 15.2. The number of benzene rings is 1. The van der Waals surface area contributed by atoms with Gasteiger partial charge in [-0.25, -0.2) is 0 Å². The van der Waals surface area contributed by atoms with Gasteiger partial charge < -0.3 is 0 Å². The van der Waals surface area contributed by atoms with Crippen LogP contribution in [-0.2, 0) is 4.79 Å². The third kappa shape index (κ3) is 11.2. The van der Waals surface area contributed by atoms with E-state index in [0.717, 1.165) is 12.1 Å². The zero-order valence-electron chi connectivity index (χ0n) is 23.4.